The highest BCUT2D eigenvalue weighted by Gasteiger charge is 2.17. The lowest BCUT2D eigenvalue weighted by atomic mass is 9.82. The molecule has 0 saturated heterocycles. The van der Waals surface area contributed by atoms with Gasteiger partial charge in [0.2, 0.25) is 0 Å². The highest BCUT2D eigenvalue weighted by Crippen LogP contribution is 2.32. The van der Waals surface area contributed by atoms with E-state index in [0.29, 0.717) is 11.8 Å². The minimum Gasteiger partial charge on any atom is -0.0808 e. The first-order valence-corrected chi connectivity index (χ1v) is 7.16. The normalized spacial score (nSPS) is 22.4. The van der Waals surface area contributed by atoms with Gasteiger partial charge in [0.05, 0.1) is 0 Å². The third kappa shape index (κ3) is 2.93. The van der Waals surface area contributed by atoms with Crippen LogP contribution in [-0.2, 0) is 6.42 Å². The van der Waals surface area contributed by atoms with Crippen LogP contribution in [0.3, 0.4) is 0 Å². The van der Waals surface area contributed by atoms with E-state index in [1.807, 2.05) is 0 Å². The fraction of sp³-hybridized carbons (Fsp3) is 0.444. The Morgan fingerprint density at radius 1 is 1.11 bits per heavy atom. The summed E-state index contributed by atoms with van der Waals surface area (Å²) < 4.78 is 0. The van der Waals surface area contributed by atoms with Crippen molar-refractivity contribution >= 4 is 0 Å². The summed E-state index contributed by atoms with van der Waals surface area (Å²) in [6, 6.07) is 7.03. The molecule has 0 radical (unpaired) electrons. The third-order valence-electron chi connectivity index (χ3n) is 3.92. The fourth-order valence-electron chi connectivity index (χ4n) is 2.75. The van der Waals surface area contributed by atoms with Gasteiger partial charge in [-0.2, -0.15) is 0 Å². The zero-order valence-electron chi connectivity index (χ0n) is 11.8. The van der Waals surface area contributed by atoms with Gasteiger partial charge in [0.25, 0.3) is 0 Å². The van der Waals surface area contributed by atoms with Crippen LogP contribution in [0.2, 0.25) is 0 Å². The maximum atomic E-state index is 2.38. The zero-order chi connectivity index (χ0) is 13.0. The molecule has 1 aliphatic rings. The highest BCUT2D eigenvalue weighted by molar-refractivity contribution is 5.38. The third-order valence-corrected chi connectivity index (χ3v) is 3.92. The van der Waals surface area contributed by atoms with Crippen LogP contribution in [0, 0.1) is 12.8 Å². The number of unbranched alkanes of at least 4 members (excludes halogenated alkanes) is 1. The van der Waals surface area contributed by atoms with Crippen molar-refractivity contribution in [1.29, 1.82) is 0 Å². The van der Waals surface area contributed by atoms with E-state index in [1.165, 1.54) is 36.0 Å². The molecule has 0 aliphatic heterocycles. The van der Waals surface area contributed by atoms with Gasteiger partial charge in [0, 0.05) is 5.92 Å². The average molecular weight is 240 g/mol. The topological polar surface area (TPSA) is 0 Å². The maximum Gasteiger partial charge on any atom is 0.00840 e. The molecule has 0 aromatic heterocycles. The Morgan fingerprint density at radius 3 is 2.56 bits per heavy atom. The molecule has 1 aromatic rings. The standard InChI is InChI=1S/C18H24/c1-4-5-9-16-11-12-18(15(3)13-16)17-10-7-6-8-14(17)2/h6-8,10-14,17H,4-5,9H2,1-3H3. The van der Waals surface area contributed by atoms with E-state index in [0.717, 1.165) is 0 Å². The monoisotopic (exact) mass is 240 g/mol. The molecule has 2 rings (SSSR count). The van der Waals surface area contributed by atoms with Gasteiger partial charge in [-0.15, -0.1) is 0 Å². The molecule has 0 heterocycles. The fourth-order valence-corrected chi connectivity index (χ4v) is 2.75. The highest BCUT2D eigenvalue weighted by atomic mass is 14.2. The van der Waals surface area contributed by atoms with E-state index in [9.17, 15) is 0 Å². The van der Waals surface area contributed by atoms with Gasteiger partial charge in [0.1, 0.15) is 0 Å². The van der Waals surface area contributed by atoms with Crippen LogP contribution in [0.25, 0.3) is 0 Å². The molecule has 0 bridgehead atoms. The Kier molecular flexibility index (Phi) is 4.41. The van der Waals surface area contributed by atoms with Crippen LogP contribution >= 0.6 is 0 Å². The summed E-state index contributed by atoms with van der Waals surface area (Å²) in [7, 11) is 0. The van der Waals surface area contributed by atoms with Crippen LogP contribution in [-0.4, -0.2) is 0 Å². The van der Waals surface area contributed by atoms with E-state index in [4.69, 9.17) is 0 Å². The zero-order valence-corrected chi connectivity index (χ0v) is 11.8. The summed E-state index contributed by atoms with van der Waals surface area (Å²) >= 11 is 0. The number of hydrogen-bond donors (Lipinski definition) is 0. The molecule has 0 nitrogen and oxygen atoms in total. The summed E-state index contributed by atoms with van der Waals surface area (Å²) in [5.74, 6) is 1.16. The van der Waals surface area contributed by atoms with Crippen LogP contribution in [0.15, 0.2) is 42.5 Å². The summed E-state index contributed by atoms with van der Waals surface area (Å²) in [6.45, 7) is 6.81. The summed E-state index contributed by atoms with van der Waals surface area (Å²) in [6.07, 6.45) is 12.7. The van der Waals surface area contributed by atoms with Crippen molar-refractivity contribution in [2.24, 2.45) is 5.92 Å². The second-order valence-corrected chi connectivity index (χ2v) is 5.45. The molecule has 1 aromatic carbocycles. The molecule has 0 spiro atoms. The summed E-state index contributed by atoms with van der Waals surface area (Å²) in [5, 5.41) is 0. The number of benzene rings is 1. The molecule has 0 N–H and O–H groups in total. The van der Waals surface area contributed by atoms with Crippen LogP contribution in [0.5, 0.6) is 0 Å². The molecule has 0 saturated carbocycles. The Labute approximate surface area is 111 Å². The second-order valence-electron chi connectivity index (χ2n) is 5.45. The van der Waals surface area contributed by atoms with E-state index in [2.05, 4.69) is 63.3 Å². The SMILES string of the molecule is CCCCc1ccc(C2C=CC=CC2C)c(C)c1. The van der Waals surface area contributed by atoms with Crippen molar-refractivity contribution < 1.29 is 0 Å². The minimum absolute atomic E-state index is 0.551. The molecular formula is C18H24. The summed E-state index contributed by atoms with van der Waals surface area (Å²) in [4.78, 5) is 0. The smallest absolute Gasteiger partial charge is 0.00840 e. The number of rotatable bonds is 4. The first-order valence-electron chi connectivity index (χ1n) is 7.16. The Hall–Kier alpha value is -1.30. The Balaban J connectivity index is 2.19. The van der Waals surface area contributed by atoms with Crippen LogP contribution in [0.1, 0.15) is 49.3 Å². The number of aryl methyl sites for hydroxylation is 2. The molecule has 96 valence electrons. The molecule has 0 heteroatoms. The van der Waals surface area contributed by atoms with Gasteiger partial charge >= 0.3 is 0 Å². The van der Waals surface area contributed by atoms with Gasteiger partial charge in [-0.1, -0.05) is 62.8 Å². The quantitative estimate of drug-likeness (QED) is 0.680. The molecule has 1 aliphatic carbocycles. The lowest BCUT2D eigenvalue weighted by Gasteiger charge is -2.23. The number of hydrogen-bond acceptors (Lipinski definition) is 0. The maximum absolute atomic E-state index is 2.38. The summed E-state index contributed by atoms with van der Waals surface area (Å²) in [5.41, 5.74) is 4.42. The molecular weight excluding hydrogens is 216 g/mol. The predicted octanol–water partition coefficient (Wildman–Crippen LogP) is 5.18. The molecule has 2 atom stereocenters. The number of allylic oxidation sites excluding steroid dienone is 4. The van der Waals surface area contributed by atoms with Crippen molar-refractivity contribution in [2.45, 2.75) is 46.0 Å². The predicted molar refractivity (Wildman–Crippen MR) is 80.0 cm³/mol. The van der Waals surface area contributed by atoms with Gasteiger partial charge < -0.3 is 0 Å². The van der Waals surface area contributed by atoms with Gasteiger partial charge in [0.15, 0.2) is 0 Å². The van der Waals surface area contributed by atoms with Crippen LogP contribution < -0.4 is 0 Å². The molecule has 2 unspecified atom stereocenters. The first kappa shape index (κ1) is 13.1. The van der Waals surface area contributed by atoms with E-state index < -0.39 is 0 Å². The van der Waals surface area contributed by atoms with Crippen molar-refractivity contribution in [3.8, 4) is 0 Å². The molecule has 18 heavy (non-hydrogen) atoms. The minimum atomic E-state index is 0.551. The van der Waals surface area contributed by atoms with E-state index >= 15 is 0 Å². The van der Waals surface area contributed by atoms with Gasteiger partial charge in [-0.05, 0) is 42.4 Å². The Morgan fingerprint density at radius 2 is 1.89 bits per heavy atom. The van der Waals surface area contributed by atoms with Gasteiger partial charge in [-0.3, -0.25) is 0 Å². The Bertz CT molecular complexity index is 451. The van der Waals surface area contributed by atoms with Gasteiger partial charge in [-0.25, -0.2) is 0 Å². The van der Waals surface area contributed by atoms with Crippen LogP contribution in [0.4, 0.5) is 0 Å². The van der Waals surface area contributed by atoms with E-state index in [-0.39, 0.29) is 0 Å². The molecule has 0 fully saturated rings. The average Bonchev–Trinajstić information content (AvgIpc) is 2.38. The molecule has 0 amide bonds. The van der Waals surface area contributed by atoms with Crippen molar-refractivity contribution in [3.05, 3.63) is 59.2 Å². The first-order chi connectivity index (χ1) is 8.72. The largest absolute Gasteiger partial charge is 0.0808 e. The van der Waals surface area contributed by atoms with Crippen molar-refractivity contribution in [1.82, 2.24) is 0 Å². The second kappa shape index (κ2) is 6.04. The van der Waals surface area contributed by atoms with E-state index in [1.54, 1.807) is 0 Å². The lowest BCUT2D eigenvalue weighted by Crippen LogP contribution is -2.09. The lowest BCUT2D eigenvalue weighted by molar-refractivity contribution is 0.632. The van der Waals surface area contributed by atoms with Crippen molar-refractivity contribution in [2.75, 3.05) is 0 Å². The van der Waals surface area contributed by atoms with Crippen molar-refractivity contribution in [3.63, 3.8) is 0 Å².